The minimum atomic E-state index is -1.68. The Bertz CT molecular complexity index is 1250. The summed E-state index contributed by atoms with van der Waals surface area (Å²) in [5.41, 5.74) is 0. The number of carbonyl (C=O) groups is 1. The Hall–Kier alpha value is -2.19. The lowest BCUT2D eigenvalue weighted by Crippen LogP contribution is -2.60. The first-order valence-corrected chi connectivity index (χ1v) is 26.7. The van der Waals surface area contributed by atoms with Crippen LogP contribution in [0.3, 0.4) is 0 Å². The van der Waals surface area contributed by atoms with E-state index >= 15 is 0 Å². The predicted molar refractivity (Wildman–Crippen MR) is 270 cm³/mol. The average molecular weight is 934 g/mol. The summed E-state index contributed by atoms with van der Waals surface area (Å²) in [5, 5.41) is 75.9. The topological polar surface area (TPSA) is 189 Å². The average Bonchev–Trinajstić information content (AvgIpc) is 3.32. The number of amides is 1. The third-order valence-corrected chi connectivity index (χ3v) is 12.5. The number of nitrogens with one attached hydrogen (secondary N) is 1. The molecular weight excluding hydrogens is 835 g/mol. The second kappa shape index (κ2) is 44.0. The number of carbonyl (C=O) groups excluding carboxylic acids is 1. The van der Waals surface area contributed by atoms with Crippen molar-refractivity contribution in [3.63, 3.8) is 0 Å². The summed E-state index contributed by atoms with van der Waals surface area (Å²) in [6.07, 6.45) is 44.0. The summed E-state index contributed by atoms with van der Waals surface area (Å²) < 4.78 is 11.1. The van der Waals surface area contributed by atoms with Gasteiger partial charge in [0.25, 0.3) is 0 Å². The van der Waals surface area contributed by atoms with Crippen molar-refractivity contribution in [2.24, 2.45) is 0 Å². The monoisotopic (exact) mass is 934 g/mol. The number of aliphatic hydroxyl groups excluding tert-OH is 7. The number of hydrogen-bond donors (Lipinski definition) is 8. The van der Waals surface area contributed by atoms with Gasteiger partial charge in [-0.25, -0.2) is 0 Å². The van der Waals surface area contributed by atoms with Crippen LogP contribution in [0.4, 0.5) is 0 Å². The van der Waals surface area contributed by atoms with Crippen LogP contribution in [0, 0.1) is 0 Å². The Morgan fingerprint density at radius 1 is 0.530 bits per heavy atom. The quantitative estimate of drug-likeness (QED) is 0.0166. The molecule has 66 heavy (non-hydrogen) atoms. The molecule has 0 aromatic rings. The first kappa shape index (κ1) is 61.8. The van der Waals surface area contributed by atoms with Crippen LogP contribution in [-0.4, -0.2) is 110 Å². The second-order valence-electron chi connectivity index (χ2n) is 18.6. The smallest absolute Gasteiger partial charge is 0.249 e. The maximum absolute atomic E-state index is 13.1. The van der Waals surface area contributed by atoms with E-state index < -0.39 is 74.2 Å². The summed E-state index contributed by atoms with van der Waals surface area (Å²) in [6, 6.07) is -1.20. The zero-order valence-electron chi connectivity index (χ0n) is 41.7. The van der Waals surface area contributed by atoms with Gasteiger partial charge in [0.2, 0.25) is 5.91 Å². The Morgan fingerprint density at radius 2 is 0.955 bits per heavy atom. The Morgan fingerprint density at radius 3 is 1.47 bits per heavy atom. The van der Waals surface area contributed by atoms with Gasteiger partial charge in [0, 0.05) is 0 Å². The zero-order chi connectivity index (χ0) is 48.3. The Balaban J connectivity index is 2.42. The van der Waals surface area contributed by atoms with Gasteiger partial charge < -0.3 is 50.5 Å². The molecule has 0 radical (unpaired) electrons. The first-order chi connectivity index (χ1) is 32.2. The molecule has 0 aromatic heterocycles. The highest BCUT2D eigenvalue weighted by molar-refractivity contribution is 5.80. The number of unbranched alkanes of at least 4 members (excludes halogenated alkanes) is 23. The van der Waals surface area contributed by atoms with Crippen molar-refractivity contribution in [2.45, 2.75) is 268 Å². The lowest BCUT2D eigenvalue weighted by Gasteiger charge is -2.40. The third kappa shape index (κ3) is 32.5. The normalized spacial score (nSPS) is 21.3. The van der Waals surface area contributed by atoms with Crippen LogP contribution in [0.25, 0.3) is 0 Å². The molecule has 1 fully saturated rings. The van der Waals surface area contributed by atoms with Gasteiger partial charge in [-0.15, -0.1) is 0 Å². The molecule has 0 aromatic carbocycles. The predicted octanol–water partition coefficient (Wildman–Crippen LogP) is 10.3. The van der Waals surface area contributed by atoms with E-state index in [1.165, 1.54) is 109 Å². The highest BCUT2D eigenvalue weighted by Crippen LogP contribution is 2.23. The molecule has 1 saturated heterocycles. The zero-order valence-corrected chi connectivity index (χ0v) is 41.7. The fraction of sp³-hybridized carbons (Fsp3) is 0.800. The van der Waals surface area contributed by atoms with Crippen molar-refractivity contribution in [2.75, 3.05) is 13.2 Å². The molecule has 1 rings (SSSR count). The third-order valence-electron chi connectivity index (χ3n) is 12.5. The van der Waals surface area contributed by atoms with E-state index in [1.807, 2.05) is 0 Å². The molecular formula is C55H99NO10. The lowest BCUT2D eigenvalue weighted by molar-refractivity contribution is -0.303. The van der Waals surface area contributed by atoms with Crippen LogP contribution in [0.5, 0.6) is 0 Å². The van der Waals surface area contributed by atoms with E-state index in [0.29, 0.717) is 19.3 Å². The van der Waals surface area contributed by atoms with Crippen LogP contribution >= 0.6 is 0 Å². The van der Waals surface area contributed by atoms with Crippen molar-refractivity contribution in [3.05, 3.63) is 60.8 Å². The van der Waals surface area contributed by atoms with Gasteiger partial charge in [-0.2, -0.15) is 0 Å². The van der Waals surface area contributed by atoms with Gasteiger partial charge >= 0.3 is 0 Å². The molecule has 0 bridgehead atoms. The van der Waals surface area contributed by atoms with Crippen LogP contribution in [0.2, 0.25) is 0 Å². The molecule has 384 valence electrons. The van der Waals surface area contributed by atoms with E-state index in [0.717, 1.165) is 57.8 Å². The van der Waals surface area contributed by atoms with Gasteiger partial charge in [-0.3, -0.25) is 4.79 Å². The second-order valence-corrected chi connectivity index (χ2v) is 18.6. The standard InChI is InChI=1S/C55H99NO10/c1-3-5-7-9-11-13-15-17-19-21-23-24-25-27-28-30-32-34-36-38-40-42-47(58)50(60)46(45-65-55-53(63)52(62)51(61)49(44-57)66-55)56-54(64)48(59)43-41-39-37-35-33-31-29-26-22-20-18-16-14-12-10-8-6-4-2/h12,14,16,18,21,23,27-28,34,36,46-53,55,57-63H,3-11,13,15,17,19-20,22,24-26,29-33,35,37-45H2,1-2H3,(H,56,64)/b14-12-,18-16-,23-21+,28-27+,36-34+. The Kier molecular flexibility index (Phi) is 41.3. The summed E-state index contributed by atoms with van der Waals surface area (Å²) in [7, 11) is 0. The van der Waals surface area contributed by atoms with Gasteiger partial charge in [0.15, 0.2) is 6.29 Å². The molecule has 0 saturated carbocycles. The maximum atomic E-state index is 13.1. The SMILES string of the molecule is CCCCC/C=C\C=C/CCCCCCCCCCCC(O)C(=O)NC(COC1OC(CO)C(O)C(O)C1O)C(O)C(O)CCC/C=C/CC/C=C/CC/C=C/CCCCCCCCCC. The summed E-state index contributed by atoms with van der Waals surface area (Å²) in [5.74, 6) is -0.718. The van der Waals surface area contributed by atoms with Crippen LogP contribution < -0.4 is 5.32 Å². The van der Waals surface area contributed by atoms with Gasteiger partial charge in [0.05, 0.1) is 25.4 Å². The van der Waals surface area contributed by atoms with E-state index in [-0.39, 0.29) is 12.8 Å². The largest absolute Gasteiger partial charge is 0.394 e. The Labute approximate surface area is 401 Å². The fourth-order valence-electron chi connectivity index (χ4n) is 8.11. The minimum absolute atomic E-state index is 0.238. The highest BCUT2D eigenvalue weighted by atomic mass is 16.7. The van der Waals surface area contributed by atoms with E-state index in [1.54, 1.807) is 0 Å². The maximum Gasteiger partial charge on any atom is 0.249 e. The molecule has 0 aliphatic carbocycles. The van der Waals surface area contributed by atoms with Gasteiger partial charge in [-0.1, -0.05) is 184 Å². The molecule has 1 aliphatic rings. The molecule has 8 N–H and O–H groups in total. The molecule has 11 heteroatoms. The molecule has 1 aliphatic heterocycles. The van der Waals surface area contributed by atoms with Crippen molar-refractivity contribution in [1.82, 2.24) is 5.32 Å². The van der Waals surface area contributed by atoms with E-state index in [9.17, 15) is 40.5 Å². The van der Waals surface area contributed by atoms with Gasteiger partial charge in [-0.05, 0) is 89.9 Å². The minimum Gasteiger partial charge on any atom is -0.394 e. The highest BCUT2D eigenvalue weighted by Gasteiger charge is 2.44. The lowest BCUT2D eigenvalue weighted by atomic mass is 9.98. The molecule has 1 amide bonds. The number of ether oxygens (including phenoxy) is 2. The van der Waals surface area contributed by atoms with Crippen LogP contribution in [0.1, 0.15) is 213 Å². The molecule has 9 atom stereocenters. The van der Waals surface area contributed by atoms with Crippen molar-refractivity contribution in [1.29, 1.82) is 0 Å². The number of aliphatic hydroxyl groups is 7. The molecule has 11 nitrogen and oxygen atoms in total. The van der Waals surface area contributed by atoms with Crippen molar-refractivity contribution >= 4 is 5.91 Å². The number of hydrogen-bond acceptors (Lipinski definition) is 10. The van der Waals surface area contributed by atoms with Gasteiger partial charge in [0.1, 0.15) is 36.6 Å². The summed E-state index contributed by atoms with van der Waals surface area (Å²) in [4.78, 5) is 13.1. The number of rotatable bonds is 44. The fourth-order valence-corrected chi connectivity index (χ4v) is 8.11. The summed E-state index contributed by atoms with van der Waals surface area (Å²) in [6.45, 7) is 3.39. The number of allylic oxidation sites excluding steroid dienone is 10. The van der Waals surface area contributed by atoms with Crippen LogP contribution in [0.15, 0.2) is 60.8 Å². The van der Waals surface area contributed by atoms with Crippen molar-refractivity contribution in [3.8, 4) is 0 Å². The summed E-state index contributed by atoms with van der Waals surface area (Å²) >= 11 is 0. The first-order valence-electron chi connectivity index (χ1n) is 26.7. The molecule has 9 unspecified atom stereocenters. The van der Waals surface area contributed by atoms with E-state index in [2.05, 4.69) is 79.9 Å². The molecule has 1 heterocycles. The van der Waals surface area contributed by atoms with Crippen molar-refractivity contribution < 1.29 is 50.0 Å². The molecule has 0 spiro atoms. The van der Waals surface area contributed by atoms with Crippen LogP contribution in [-0.2, 0) is 14.3 Å². The van der Waals surface area contributed by atoms with E-state index in [4.69, 9.17) is 9.47 Å².